The average Bonchev–Trinajstić information content (AvgIpc) is 3.44. The van der Waals surface area contributed by atoms with Crippen LogP contribution in [0, 0.1) is 6.92 Å². The maximum atomic E-state index is 12.8. The molecule has 0 saturated carbocycles. The van der Waals surface area contributed by atoms with E-state index in [9.17, 15) is 9.59 Å². The minimum Gasteiger partial charge on any atom is -0.321 e. The Morgan fingerprint density at radius 2 is 1.66 bits per heavy atom. The molecule has 0 atom stereocenters. The second kappa shape index (κ2) is 9.15. The quantitative estimate of drug-likeness (QED) is 0.423. The zero-order valence-electron chi connectivity index (χ0n) is 18.0. The Balaban J connectivity index is 1.52. The molecule has 8 heteroatoms. The zero-order valence-corrected chi connectivity index (χ0v) is 18.8. The summed E-state index contributed by atoms with van der Waals surface area (Å²) in [5, 5.41) is 11.9. The average molecular weight is 446 g/mol. The number of nitrogens with one attached hydrogen (secondary N) is 2. The van der Waals surface area contributed by atoms with Crippen molar-refractivity contribution in [1.82, 2.24) is 14.8 Å². The van der Waals surface area contributed by atoms with Crippen LogP contribution in [0.15, 0.2) is 66.0 Å². The molecule has 2 aromatic carbocycles. The van der Waals surface area contributed by atoms with Crippen molar-refractivity contribution in [3.05, 3.63) is 88.1 Å². The Labute approximate surface area is 190 Å². The molecule has 0 aliphatic carbocycles. The summed E-state index contributed by atoms with van der Waals surface area (Å²) in [6.45, 7) is 6.05. The van der Waals surface area contributed by atoms with Crippen molar-refractivity contribution in [2.24, 2.45) is 0 Å². The Morgan fingerprint density at radius 3 is 2.34 bits per heavy atom. The number of rotatable bonds is 6. The molecular weight excluding hydrogens is 422 g/mol. The molecule has 2 N–H and O–H groups in total. The predicted octanol–water partition coefficient (Wildman–Crippen LogP) is 5.27. The van der Waals surface area contributed by atoms with Gasteiger partial charge in [-0.15, -0.1) is 16.4 Å². The van der Waals surface area contributed by atoms with Crippen LogP contribution in [-0.2, 0) is 0 Å². The van der Waals surface area contributed by atoms with Gasteiger partial charge >= 0.3 is 0 Å². The smallest absolute Gasteiger partial charge is 0.295 e. The molecule has 2 heterocycles. The molecule has 0 spiro atoms. The minimum atomic E-state index is -0.421. The highest BCUT2D eigenvalue weighted by atomic mass is 32.1. The van der Waals surface area contributed by atoms with Gasteiger partial charge in [0.15, 0.2) is 0 Å². The normalized spacial score (nSPS) is 10.9. The van der Waals surface area contributed by atoms with Gasteiger partial charge in [-0.05, 0) is 54.1 Å². The molecule has 4 aromatic rings. The number of amides is 2. The molecule has 0 bridgehead atoms. The monoisotopic (exact) mass is 445 g/mol. The van der Waals surface area contributed by atoms with Crippen LogP contribution in [0.4, 0.5) is 11.4 Å². The Bertz CT molecular complexity index is 1260. The number of carbonyl (C=O) groups excluding carboxylic acids is 2. The standard InChI is InChI=1S/C24H23N5O2S/c1-15(2)19-10-4-5-11-20(19)29-16(3)25-22(28-29)24(31)27-18-9-6-8-17(14-18)26-23(30)21-12-7-13-32-21/h4-15H,1-3H3,(H,26,30)(H,27,31). The molecular formula is C24H23N5O2S. The molecule has 2 aromatic heterocycles. The fourth-order valence-corrected chi connectivity index (χ4v) is 3.96. The third kappa shape index (κ3) is 4.60. The summed E-state index contributed by atoms with van der Waals surface area (Å²) >= 11 is 1.37. The van der Waals surface area contributed by atoms with E-state index >= 15 is 0 Å². The number of hydrogen-bond acceptors (Lipinski definition) is 5. The van der Waals surface area contributed by atoms with Gasteiger partial charge in [-0.25, -0.2) is 9.67 Å². The van der Waals surface area contributed by atoms with E-state index in [-0.39, 0.29) is 11.7 Å². The van der Waals surface area contributed by atoms with Crippen molar-refractivity contribution in [3.8, 4) is 5.69 Å². The molecule has 32 heavy (non-hydrogen) atoms. The fraction of sp³-hybridized carbons (Fsp3) is 0.167. The van der Waals surface area contributed by atoms with Gasteiger partial charge in [0.2, 0.25) is 5.82 Å². The second-order valence-electron chi connectivity index (χ2n) is 7.57. The number of thiophene rings is 1. The first-order chi connectivity index (χ1) is 15.4. The number of hydrogen-bond donors (Lipinski definition) is 2. The van der Waals surface area contributed by atoms with Gasteiger partial charge in [0.1, 0.15) is 5.82 Å². The van der Waals surface area contributed by atoms with Gasteiger partial charge in [-0.1, -0.05) is 44.2 Å². The first-order valence-corrected chi connectivity index (χ1v) is 11.1. The maximum Gasteiger partial charge on any atom is 0.295 e. The molecule has 7 nitrogen and oxygen atoms in total. The van der Waals surface area contributed by atoms with Crippen molar-refractivity contribution in [2.45, 2.75) is 26.7 Å². The van der Waals surface area contributed by atoms with E-state index in [1.165, 1.54) is 11.3 Å². The Morgan fingerprint density at radius 1 is 0.938 bits per heavy atom. The van der Waals surface area contributed by atoms with E-state index in [0.29, 0.717) is 28.0 Å². The van der Waals surface area contributed by atoms with Gasteiger partial charge in [0, 0.05) is 11.4 Å². The third-order valence-electron chi connectivity index (χ3n) is 4.88. The first kappa shape index (κ1) is 21.5. The number of nitrogens with zero attached hydrogens (tertiary/aromatic N) is 3. The lowest BCUT2D eigenvalue weighted by molar-refractivity contribution is 0.101. The highest BCUT2D eigenvalue weighted by molar-refractivity contribution is 7.12. The Hall–Kier alpha value is -3.78. The highest BCUT2D eigenvalue weighted by Gasteiger charge is 2.18. The first-order valence-electron chi connectivity index (χ1n) is 10.2. The summed E-state index contributed by atoms with van der Waals surface area (Å²) < 4.78 is 1.70. The van der Waals surface area contributed by atoms with Gasteiger partial charge in [0.25, 0.3) is 11.8 Å². The lowest BCUT2D eigenvalue weighted by Gasteiger charge is -2.12. The lowest BCUT2D eigenvalue weighted by Crippen LogP contribution is -2.15. The van der Waals surface area contributed by atoms with E-state index in [1.54, 1.807) is 35.0 Å². The molecule has 2 amide bonds. The molecule has 162 valence electrons. The largest absolute Gasteiger partial charge is 0.321 e. The molecule has 0 aliphatic rings. The van der Waals surface area contributed by atoms with Crippen LogP contribution in [-0.4, -0.2) is 26.6 Å². The van der Waals surface area contributed by atoms with Crippen LogP contribution in [0.2, 0.25) is 0 Å². The summed E-state index contributed by atoms with van der Waals surface area (Å²) in [7, 11) is 0. The Kier molecular flexibility index (Phi) is 6.13. The van der Waals surface area contributed by atoms with E-state index in [4.69, 9.17) is 0 Å². The predicted molar refractivity (Wildman–Crippen MR) is 127 cm³/mol. The minimum absolute atomic E-state index is 0.0779. The number of benzene rings is 2. The molecule has 0 aliphatic heterocycles. The summed E-state index contributed by atoms with van der Waals surface area (Å²) in [5.74, 6) is 0.396. The summed E-state index contributed by atoms with van der Waals surface area (Å²) in [5.41, 5.74) is 3.16. The van der Waals surface area contributed by atoms with E-state index in [2.05, 4.69) is 40.6 Å². The van der Waals surface area contributed by atoms with Gasteiger partial charge < -0.3 is 10.6 Å². The van der Waals surface area contributed by atoms with Crippen molar-refractivity contribution >= 4 is 34.5 Å². The van der Waals surface area contributed by atoms with E-state index in [0.717, 1.165) is 11.3 Å². The van der Waals surface area contributed by atoms with Gasteiger partial charge in [-0.3, -0.25) is 9.59 Å². The summed E-state index contributed by atoms with van der Waals surface area (Å²) in [6.07, 6.45) is 0. The van der Waals surface area contributed by atoms with Crippen molar-refractivity contribution in [1.29, 1.82) is 0 Å². The molecule has 0 fully saturated rings. The fourth-order valence-electron chi connectivity index (χ4n) is 3.35. The van der Waals surface area contributed by atoms with E-state index < -0.39 is 5.91 Å². The highest BCUT2D eigenvalue weighted by Crippen LogP contribution is 2.23. The molecule has 0 radical (unpaired) electrons. The molecule has 0 unspecified atom stereocenters. The zero-order chi connectivity index (χ0) is 22.7. The summed E-state index contributed by atoms with van der Waals surface area (Å²) in [4.78, 5) is 30.1. The second-order valence-corrected chi connectivity index (χ2v) is 8.52. The van der Waals surface area contributed by atoms with Crippen molar-refractivity contribution in [2.75, 3.05) is 10.6 Å². The van der Waals surface area contributed by atoms with Crippen LogP contribution in [0.1, 0.15) is 51.4 Å². The van der Waals surface area contributed by atoms with Crippen molar-refractivity contribution in [3.63, 3.8) is 0 Å². The molecule has 0 saturated heterocycles. The number of aromatic nitrogens is 3. The molecule has 4 rings (SSSR count). The van der Waals surface area contributed by atoms with Crippen LogP contribution >= 0.6 is 11.3 Å². The summed E-state index contributed by atoms with van der Waals surface area (Å²) in [6, 6.07) is 18.5. The van der Waals surface area contributed by atoms with E-state index in [1.807, 2.05) is 36.6 Å². The third-order valence-corrected chi connectivity index (χ3v) is 5.75. The topological polar surface area (TPSA) is 88.9 Å². The lowest BCUT2D eigenvalue weighted by atomic mass is 10.0. The van der Waals surface area contributed by atoms with Crippen LogP contribution in [0.25, 0.3) is 5.69 Å². The SMILES string of the molecule is Cc1nc(C(=O)Nc2cccc(NC(=O)c3cccs3)c2)nn1-c1ccccc1C(C)C. The number of aryl methyl sites for hydroxylation is 1. The van der Waals surface area contributed by atoms with Crippen molar-refractivity contribution < 1.29 is 9.59 Å². The van der Waals surface area contributed by atoms with Crippen LogP contribution < -0.4 is 10.6 Å². The number of anilines is 2. The maximum absolute atomic E-state index is 12.8. The van der Waals surface area contributed by atoms with Crippen LogP contribution in [0.5, 0.6) is 0 Å². The van der Waals surface area contributed by atoms with Gasteiger partial charge in [-0.2, -0.15) is 0 Å². The number of para-hydroxylation sites is 1. The van der Waals surface area contributed by atoms with Crippen LogP contribution in [0.3, 0.4) is 0 Å². The van der Waals surface area contributed by atoms with Gasteiger partial charge in [0.05, 0.1) is 10.6 Å². The number of carbonyl (C=O) groups is 2.